The Kier molecular flexibility index (Phi) is 6.52. The molecule has 1 saturated heterocycles. The molecule has 210 valence electrons. The van der Waals surface area contributed by atoms with Crippen LogP contribution in [0.3, 0.4) is 0 Å². The van der Waals surface area contributed by atoms with Crippen molar-refractivity contribution in [2.75, 3.05) is 33.4 Å². The van der Waals surface area contributed by atoms with E-state index in [0.717, 1.165) is 21.9 Å². The normalized spacial score (nSPS) is 14.0. The number of morpholine rings is 1. The molecular formula is C32H27N5O5. The molecule has 0 unspecified atom stereocenters. The predicted molar refractivity (Wildman–Crippen MR) is 160 cm³/mol. The number of carbonyl (C=O) groups excluding carboxylic acids is 1. The van der Waals surface area contributed by atoms with Crippen LogP contribution in [0.1, 0.15) is 5.56 Å². The number of ether oxygens (including phenoxy) is 2. The van der Waals surface area contributed by atoms with Crippen molar-refractivity contribution in [3.8, 4) is 17.3 Å². The van der Waals surface area contributed by atoms with Gasteiger partial charge < -0.3 is 23.4 Å². The van der Waals surface area contributed by atoms with Gasteiger partial charge in [0, 0.05) is 35.8 Å². The molecule has 0 aliphatic carbocycles. The highest BCUT2D eigenvalue weighted by molar-refractivity contribution is 6.00. The van der Waals surface area contributed by atoms with E-state index < -0.39 is 0 Å². The van der Waals surface area contributed by atoms with Gasteiger partial charge >= 0.3 is 0 Å². The van der Waals surface area contributed by atoms with E-state index in [2.05, 4.69) is 5.10 Å². The molecule has 1 fully saturated rings. The minimum absolute atomic E-state index is 0.0279. The van der Waals surface area contributed by atoms with Crippen LogP contribution in [0.5, 0.6) is 5.75 Å². The van der Waals surface area contributed by atoms with E-state index in [9.17, 15) is 9.59 Å². The van der Waals surface area contributed by atoms with E-state index in [4.69, 9.17) is 18.9 Å². The lowest BCUT2D eigenvalue weighted by atomic mass is 10.2. The molecule has 1 amide bonds. The Morgan fingerprint density at radius 3 is 2.62 bits per heavy atom. The maximum Gasteiger partial charge on any atom is 0.282 e. The number of amides is 1. The van der Waals surface area contributed by atoms with Crippen molar-refractivity contribution < 1.29 is 18.7 Å². The summed E-state index contributed by atoms with van der Waals surface area (Å²) in [6, 6.07) is 22.3. The molecule has 6 aromatic rings. The van der Waals surface area contributed by atoms with Gasteiger partial charge in [-0.1, -0.05) is 36.4 Å². The van der Waals surface area contributed by atoms with Crippen molar-refractivity contribution in [3.05, 3.63) is 94.9 Å². The Hall–Kier alpha value is -5.22. The summed E-state index contributed by atoms with van der Waals surface area (Å²) in [6.45, 7) is 2.45. The molecule has 0 spiro atoms. The summed E-state index contributed by atoms with van der Waals surface area (Å²) in [4.78, 5) is 33.4. The molecule has 4 heterocycles. The average molecular weight is 562 g/mol. The van der Waals surface area contributed by atoms with Crippen molar-refractivity contribution in [2.45, 2.75) is 6.54 Å². The van der Waals surface area contributed by atoms with Gasteiger partial charge in [0.15, 0.2) is 5.76 Å². The highest BCUT2D eigenvalue weighted by Crippen LogP contribution is 2.33. The first-order chi connectivity index (χ1) is 20.6. The fraction of sp³-hybridized carbons (Fsp3) is 0.188. The van der Waals surface area contributed by atoms with E-state index in [-0.39, 0.29) is 23.8 Å². The zero-order valence-electron chi connectivity index (χ0n) is 22.9. The average Bonchev–Trinajstić information content (AvgIpc) is 3.63. The molecule has 0 atom stereocenters. The largest absolute Gasteiger partial charge is 0.496 e. The van der Waals surface area contributed by atoms with Crippen LogP contribution in [0, 0.1) is 0 Å². The molecule has 42 heavy (non-hydrogen) atoms. The van der Waals surface area contributed by atoms with E-state index in [1.54, 1.807) is 37.6 Å². The summed E-state index contributed by atoms with van der Waals surface area (Å²) in [5, 5.41) is 6.76. The molecule has 0 saturated carbocycles. The summed E-state index contributed by atoms with van der Waals surface area (Å²) in [6.07, 6.45) is 3.51. The summed E-state index contributed by atoms with van der Waals surface area (Å²) in [5.74, 6) is 1.33. The van der Waals surface area contributed by atoms with E-state index >= 15 is 0 Å². The Labute approximate surface area is 240 Å². The van der Waals surface area contributed by atoms with Crippen LogP contribution < -0.4 is 10.3 Å². The highest BCUT2D eigenvalue weighted by Gasteiger charge is 2.20. The quantitative estimate of drug-likeness (QED) is 0.277. The Morgan fingerprint density at radius 2 is 1.79 bits per heavy atom. The lowest BCUT2D eigenvalue weighted by molar-refractivity contribution is -0.135. The molecule has 3 aromatic heterocycles. The second-order valence-corrected chi connectivity index (χ2v) is 10.0. The second-order valence-electron chi connectivity index (χ2n) is 10.0. The molecule has 1 aliphatic rings. The minimum atomic E-state index is -0.328. The van der Waals surface area contributed by atoms with Crippen LogP contribution >= 0.6 is 0 Å². The first-order valence-electron chi connectivity index (χ1n) is 13.7. The van der Waals surface area contributed by atoms with Gasteiger partial charge in [0.25, 0.3) is 5.56 Å². The maximum atomic E-state index is 13.7. The fourth-order valence-electron chi connectivity index (χ4n) is 5.40. The van der Waals surface area contributed by atoms with Gasteiger partial charge in [0.2, 0.25) is 11.7 Å². The summed E-state index contributed by atoms with van der Waals surface area (Å²) in [5.41, 5.74) is 2.47. The van der Waals surface area contributed by atoms with Gasteiger partial charge in [-0.05, 0) is 36.4 Å². The molecule has 10 nitrogen and oxygen atoms in total. The first kappa shape index (κ1) is 25.7. The molecular weight excluding hydrogens is 534 g/mol. The SMILES string of the molecule is COc1cccc2oc(-c3nc4ccccc4c(=O)n3N=Cc3cn(CC(=O)N4CCOCC4)c4ccccc34)cc12. The van der Waals surface area contributed by atoms with E-state index in [1.165, 1.54) is 4.68 Å². The summed E-state index contributed by atoms with van der Waals surface area (Å²) in [7, 11) is 1.60. The zero-order valence-corrected chi connectivity index (χ0v) is 22.9. The van der Waals surface area contributed by atoms with Crippen molar-refractivity contribution in [1.29, 1.82) is 0 Å². The maximum absolute atomic E-state index is 13.7. The van der Waals surface area contributed by atoms with E-state index in [1.807, 2.05) is 64.2 Å². The Bertz CT molecular complexity index is 2050. The standard InChI is InChI=1S/C32H27N5O5/c1-40-27-11-6-12-28-24(27)17-29(42-28)31-34-25-9-4-2-8-23(25)32(39)37(31)33-18-21-19-36(26-10-5-3-7-22(21)26)20-30(38)35-13-15-41-16-14-35/h2-12,17-19H,13-16,20H2,1H3. The smallest absolute Gasteiger partial charge is 0.282 e. The number of rotatable bonds is 6. The van der Waals surface area contributed by atoms with Crippen molar-refractivity contribution in [2.24, 2.45) is 5.10 Å². The van der Waals surface area contributed by atoms with Gasteiger partial charge in [-0.3, -0.25) is 9.59 Å². The van der Waals surface area contributed by atoms with Crippen LogP contribution in [0.15, 0.2) is 93.3 Å². The van der Waals surface area contributed by atoms with Crippen molar-refractivity contribution in [3.63, 3.8) is 0 Å². The second kappa shape index (κ2) is 10.6. The van der Waals surface area contributed by atoms with Crippen molar-refractivity contribution in [1.82, 2.24) is 19.1 Å². The minimum Gasteiger partial charge on any atom is -0.496 e. The number of carbonyl (C=O) groups is 1. The predicted octanol–water partition coefficient (Wildman–Crippen LogP) is 4.51. The molecule has 10 heteroatoms. The van der Waals surface area contributed by atoms with Crippen LogP contribution in [0.2, 0.25) is 0 Å². The van der Waals surface area contributed by atoms with Crippen LogP contribution in [0.25, 0.3) is 44.4 Å². The third-order valence-electron chi connectivity index (χ3n) is 7.52. The van der Waals surface area contributed by atoms with Gasteiger partial charge in [-0.15, -0.1) is 0 Å². The van der Waals surface area contributed by atoms with Gasteiger partial charge in [0.1, 0.15) is 17.9 Å². The van der Waals surface area contributed by atoms with Crippen molar-refractivity contribution >= 4 is 44.9 Å². The molecule has 0 N–H and O–H groups in total. The Morgan fingerprint density at radius 1 is 1.00 bits per heavy atom. The third-order valence-corrected chi connectivity index (χ3v) is 7.52. The number of para-hydroxylation sites is 2. The first-order valence-corrected chi connectivity index (χ1v) is 13.7. The number of fused-ring (bicyclic) bond motifs is 3. The van der Waals surface area contributed by atoms with Gasteiger partial charge in [0.05, 0.1) is 42.8 Å². The van der Waals surface area contributed by atoms with E-state index in [0.29, 0.717) is 54.3 Å². The fourth-order valence-corrected chi connectivity index (χ4v) is 5.40. The van der Waals surface area contributed by atoms with Crippen LogP contribution in [-0.4, -0.2) is 64.7 Å². The molecule has 1 aliphatic heterocycles. The number of nitrogens with zero attached hydrogens (tertiary/aromatic N) is 5. The number of methoxy groups -OCH3 is 1. The summed E-state index contributed by atoms with van der Waals surface area (Å²) >= 11 is 0. The van der Waals surface area contributed by atoms with Gasteiger partial charge in [-0.25, -0.2) is 4.98 Å². The number of aromatic nitrogens is 3. The molecule has 0 bridgehead atoms. The lowest BCUT2D eigenvalue weighted by Crippen LogP contribution is -2.42. The number of hydrogen-bond donors (Lipinski definition) is 0. The molecule has 3 aromatic carbocycles. The number of benzene rings is 3. The topological polar surface area (TPSA) is 104 Å². The molecule has 7 rings (SSSR count). The number of hydrogen-bond acceptors (Lipinski definition) is 7. The van der Waals surface area contributed by atoms with Crippen LogP contribution in [0.4, 0.5) is 0 Å². The van der Waals surface area contributed by atoms with Crippen LogP contribution in [-0.2, 0) is 16.1 Å². The third kappa shape index (κ3) is 4.51. The number of furan rings is 1. The summed E-state index contributed by atoms with van der Waals surface area (Å²) < 4.78 is 20.2. The highest BCUT2D eigenvalue weighted by atomic mass is 16.5. The lowest BCUT2D eigenvalue weighted by Gasteiger charge is -2.27. The van der Waals surface area contributed by atoms with Gasteiger partial charge in [-0.2, -0.15) is 9.78 Å². The Balaban J connectivity index is 1.33. The zero-order chi connectivity index (χ0) is 28.6. The molecule has 0 radical (unpaired) electrons. The monoisotopic (exact) mass is 561 g/mol.